The number of halogens is 2. The molecule has 26 heavy (non-hydrogen) atoms. The maximum absolute atomic E-state index is 12.8. The quantitative estimate of drug-likeness (QED) is 0.721. The van der Waals surface area contributed by atoms with Gasteiger partial charge in [-0.1, -0.05) is 28.1 Å². The number of likely N-dealkylation sites (N-methyl/N-ethyl adjacent to an activating group) is 1. The van der Waals surface area contributed by atoms with Crippen LogP contribution in [-0.4, -0.2) is 36.9 Å². The van der Waals surface area contributed by atoms with Crippen molar-refractivity contribution in [1.82, 2.24) is 10.2 Å². The van der Waals surface area contributed by atoms with Crippen LogP contribution in [0.2, 0.25) is 0 Å². The Morgan fingerprint density at radius 3 is 2.38 bits per heavy atom. The van der Waals surface area contributed by atoms with Gasteiger partial charge in [0, 0.05) is 16.7 Å². The highest BCUT2D eigenvalue weighted by Crippen LogP contribution is 2.19. The molecule has 138 valence electrons. The van der Waals surface area contributed by atoms with Gasteiger partial charge in [-0.05, 0) is 55.4 Å². The average Bonchev–Trinajstić information content (AvgIpc) is 2.56. The Kier molecular flexibility index (Phi) is 7.29. The topological polar surface area (TPSA) is 61.4 Å². The Hall–Kier alpha value is -2.25. The standard InChI is InChI=1S/C19H21BrFN3O2/c1-13-9-15(20)5-8-17(13)23-19(26)12-24(2)11-18(25)22-10-14-3-6-16(21)7-4-14/h3-9H,10-12H2,1-2H3,(H,22,25)(H,23,26). The van der Waals surface area contributed by atoms with Gasteiger partial charge in [-0.25, -0.2) is 4.39 Å². The Morgan fingerprint density at radius 1 is 1.08 bits per heavy atom. The maximum atomic E-state index is 12.8. The molecule has 0 unspecified atom stereocenters. The molecule has 0 atom stereocenters. The molecule has 7 heteroatoms. The van der Waals surface area contributed by atoms with Crippen LogP contribution < -0.4 is 10.6 Å². The van der Waals surface area contributed by atoms with Crippen LogP contribution in [0.1, 0.15) is 11.1 Å². The summed E-state index contributed by atoms with van der Waals surface area (Å²) in [6.45, 7) is 2.41. The number of benzene rings is 2. The SMILES string of the molecule is Cc1cc(Br)ccc1NC(=O)CN(C)CC(=O)NCc1ccc(F)cc1. The molecule has 2 amide bonds. The fourth-order valence-electron chi connectivity index (χ4n) is 2.36. The zero-order chi connectivity index (χ0) is 19.1. The lowest BCUT2D eigenvalue weighted by Gasteiger charge is -2.16. The van der Waals surface area contributed by atoms with Gasteiger partial charge in [-0.3, -0.25) is 14.5 Å². The van der Waals surface area contributed by atoms with Crippen LogP contribution in [0.15, 0.2) is 46.9 Å². The van der Waals surface area contributed by atoms with E-state index in [0.29, 0.717) is 6.54 Å². The van der Waals surface area contributed by atoms with Gasteiger partial charge in [0.2, 0.25) is 11.8 Å². The van der Waals surface area contributed by atoms with Crippen molar-refractivity contribution in [3.05, 3.63) is 63.9 Å². The van der Waals surface area contributed by atoms with E-state index >= 15 is 0 Å². The minimum atomic E-state index is -0.313. The predicted octanol–water partition coefficient (Wildman–Crippen LogP) is 3.08. The number of anilines is 1. The molecule has 5 nitrogen and oxygen atoms in total. The van der Waals surface area contributed by atoms with Gasteiger partial charge >= 0.3 is 0 Å². The van der Waals surface area contributed by atoms with E-state index in [9.17, 15) is 14.0 Å². The summed E-state index contributed by atoms with van der Waals surface area (Å²) in [5.41, 5.74) is 2.51. The van der Waals surface area contributed by atoms with Gasteiger partial charge in [0.1, 0.15) is 5.82 Å². The van der Waals surface area contributed by atoms with Crippen LogP contribution in [0.5, 0.6) is 0 Å². The van der Waals surface area contributed by atoms with E-state index in [4.69, 9.17) is 0 Å². The first-order valence-electron chi connectivity index (χ1n) is 8.09. The van der Waals surface area contributed by atoms with Crippen LogP contribution in [-0.2, 0) is 16.1 Å². The molecule has 0 spiro atoms. The molecule has 0 radical (unpaired) electrons. The number of nitrogens with one attached hydrogen (secondary N) is 2. The first-order chi connectivity index (χ1) is 12.3. The van der Waals surface area contributed by atoms with E-state index in [1.165, 1.54) is 12.1 Å². The molecule has 0 bridgehead atoms. The van der Waals surface area contributed by atoms with Gasteiger partial charge in [0.15, 0.2) is 0 Å². The Bertz CT molecular complexity index is 781. The number of aryl methyl sites for hydroxylation is 1. The summed E-state index contributed by atoms with van der Waals surface area (Å²) >= 11 is 3.38. The molecule has 2 aromatic rings. The average molecular weight is 422 g/mol. The second-order valence-electron chi connectivity index (χ2n) is 6.08. The van der Waals surface area contributed by atoms with Crippen molar-refractivity contribution in [3.63, 3.8) is 0 Å². The molecule has 0 aliphatic rings. The highest BCUT2D eigenvalue weighted by molar-refractivity contribution is 9.10. The zero-order valence-electron chi connectivity index (χ0n) is 14.7. The number of carbonyl (C=O) groups excluding carboxylic acids is 2. The van der Waals surface area contributed by atoms with E-state index in [1.807, 2.05) is 25.1 Å². The van der Waals surface area contributed by atoms with Crippen molar-refractivity contribution < 1.29 is 14.0 Å². The third kappa shape index (κ3) is 6.57. The summed E-state index contributed by atoms with van der Waals surface area (Å²) in [5, 5.41) is 5.58. The number of hydrogen-bond acceptors (Lipinski definition) is 3. The van der Waals surface area contributed by atoms with E-state index in [-0.39, 0.29) is 30.7 Å². The van der Waals surface area contributed by atoms with Gasteiger partial charge in [-0.2, -0.15) is 0 Å². The lowest BCUT2D eigenvalue weighted by Crippen LogP contribution is -2.38. The van der Waals surface area contributed by atoms with Gasteiger partial charge in [0.25, 0.3) is 0 Å². The van der Waals surface area contributed by atoms with E-state index in [2.05, 4.69) is 26.6 Å². The summed E-state index contributed by atoms with van der Waals surface area (Å²) < 4.78 is 13.8. The molecule has 0 aromatic heterocycles. The van der Waals surface area contributed by atoms with Crippen LogP contribution in [0.4, 0.5) is 10.1 Å². The van der Waals surface area contributed by atoms with Crippen LogP contribution in [0, 0.1) is 12.7 Å². The van der Waals surface area contributed by atoms with E-state index < -0.39 is 0 Å². The second-order valence-corrected chi connectivity index (χ2v) is 7.00. The molecule has 0 saturated heterocycles. The van der Waals surface area contributed by atoms with Crippen molar-refractivity contribution in [1.29, 1.82) is 0 Å². The van der Waals surface area contributed by atoms with Gasteiger partial charge in [0.05, 0.1) is 13.1 Å². The van der Waals surface area contributed by atoms with Gasteiger partial charge in [-0.15, -0.1) is 0 Å². The summed E-state index contributed by atoms with van der Waals surface area (Å²) in [4.78, 5) is 25.7. The molecular weight excluding hydrogens is 401 g/mol. The first kappa shape index (κ1) is 20.1. The minimum absolute atomic E-state index is 0.0912. The maximum Gasteiger partial charge on any atom is 0.238 e. The van der Waals surface area contributed by atoms with E-state index in [1.54, 1.807) is 24.1 Å². The number of hydrogen-bond donors (Lipinski definition) is 2. The summed E-state index contributed by atoms with van der Waals surface area (Å²) in [5.74, 6) is -0.708. The molecule has 0 fully saturated rings. The summed E-state index contributed by atoms with van der Waals surface area (Å²) in [6.07, 6.45) is 0. The summed E-state index contributed by atoms with van der Waals surface area (Å²) in [6, 6.07) is 11.5. The van der Waals surface area contributed by atoms with Crippen molar-refractivity contribution >= 4 is 33.4 Å². The van der Waals surface area contributed by atoms with Crippen LogP contribution in [0.3, 0.4) is 0 Å². The number of rotatable bonds is 7. The fraction of sp³-hybridized carbons (Fsp3) is 0.263. The molecule has 2 aromatic carbocycles. The first-order valence-corrected chi connectivity index (χ1v) is 8.88. The van der Waals surface area contributed by atoms with E-state index in [0.717, 1.165) is 21.3 Å². The largest absolute Gasteiger partial charge is 0.351 e. The normalized spacial score (nSPS) is 10.7. The van der Waals surface area contributed by atoms with Gasteiger partial charge < -0.3 is 10.6 Å². The highest BCUT2D eigenvalue weighted by Gasteiger charge is 2.12. The molecule has 0 aliphatic carbocycles. The monoisotopic (exact) mass is 421 g/mol. The van der Waals surface area contributed by atoms with Crippen molar-refractivity contribution in [2.45, 2.75) is 13.5 Å². The molecular formula is C19H21BrFN3O2. The number of nitrogens with zero attached hydrogens (tertiary/aromatic N) is 1. The fourth-order valence-corrected chi connectivity index (χ4v) is 2.84. The summed E-state index contributed by atoms with van der Waals surface area (Å²) in [7, 11) is 1.70. The Labute approximate surface area is 160 Å². The van der Waals surface area contributed by atoms with Crippen molar-refractivity contribution in [2.75, 3.05) is 25.5 Å². The lowest BCUT2D eigenvalue weighted by molar-refractivity contribution is -0.123. The molecule has 0 aliphatic heterocycles. The van der Waals surface area contributed by atoms with Crippen LogP contribution >= 0.6 is 15.9 Å². The number of amides is 2. The predicted molar refractivity (Wildman–Crippen MR) is 103 cm³/mol. The Balaban J connectivity index is 1.76. The highest BCUT2D eigenvalue weighted by atomic mass is 79.9. The van der Waals surface area contributed by atoms with Crippen LogP contribution in [0.25, 0.3) is 0 Å². The zero-order valence-corrected chi connectivity index (χ0v) is 16.3. The number of carbonyl (C=O) groups is 2. The third-order valence-corrected chi connectivity index (χ3v) is 4.19. The minimum Gasteiger partial charge on any atom is -0.351 e. The van der Waals surface area contributed by atoms with Crippen molar-refractivity contribution in [2.24, 2.45) is 0 Å². The lowest BCUT2D eigenvalue weighted by atomic mass is 10.2. The smallest absolute Gasteiger partial charge is 0.238 e. The molecule has 2 rings (SSSR count). The molecule has 2 N–H and O–H groups in total. The third-order valence-electron chi connectivity index (χ3n) is 3.69. The van der Waals surface area contributed by atoms with Crippen molar-refractivity contribution in [3.8, 4) is 0 Å². The molecule has 0 heterocycles. The second kappa shape index (κ2) is 9.45. The molecule has 0 saturated carbocycles. The Morgan fingerprint density at radius 2 is 1.73 bits per heavy atom.